The highest BCUT2D eigenvalue weighted by Crippen LogP contribution is 2.19. The van der Waals surface area contributed by atoms with Gasteiger partial charge in [0.05, 0.1) is 0 Å². The summed E-state index contributed by atoms with van der Waals surface area (Å²) < 4.78 is 36.6. The van der Waals surface area contributed by atoms with Crippen molar-refractivity contribution in [1.29, 1.82) is 0 Å². The normalized spacial score (nSPS) is 11.0. The zero-order chi connectivity index (χ0) is 22.3. The minimum atomic E-state index is -0.787. The summed E-state index contributed by atoms with van der Waals surface area (Å²) in [7, 11) is 2.76. The maximum atomic E-state index is 13.3. The smallest absolute Gasteiger partial charge is 0.428 e. The molecule has 0 spiro atoms. The first-order valence-corrected chi connectivity index (χ1v) is 8.42. The third-order valence-electron chi connectivity index (χ3n) is 2.59. The van der Waals surface area contributed by atoms with Crippen LogP contribution in [-0.4, -0.2) is 47.5 Å². The van der Waals surface area contributed by atoms with Crippen LogP contribution in [0.1, 0.15) is 41.5 Å². The van der Waals surface area contributed by atoms with Crippen molar-refractivity contribution in [2.24, 2.45) is 5.84 Å². The fourth-order valence-corrected chi connectivity index (χ4v) is 1.48. The number of carbonyl (C=O) groups is 2. The van der Waals surface area contributed by atoms with Crippen LogP contribution in [0.15, 0.2) is 18.2 Å². The molecule has 0 aromatic heterocycles. The van der Waals surface area contributed by atoms with E-state index in [-0.39, 0.29) is 0 Å². The lowest BCUT2D eigenvalue weighted by molar-refractivity contribution is 0.0295. The Morgan fingerprint density at radius 1 is 0.929 bits per heavy atom. The second-order valence-corrected chi connectivity index (χ2v) is 7.84. The van der Waals surface area contributed by atoms with E-state index in [1.807, 2.05) is 0 Å². The molecule has 3 N–H and O–H groups in total. The lowest BCUT2D eigenvalue weighted by Gasteiger charge is -2.25. The van der Waals surface area contributed by atoms with Crippen LogP contribution in [0.4, 0.5) is 24.1 Å². The van der Waals surface area contributed by atoms with Gasteiger partial charge in [0.1, 0.15) is 16.9 Å². The van der Waals surface area contributed by atoms with E-state index in [0.717, 1.165) is 22.2 Å². The van der Waals surface area contributed by atoms with Gasteiger partial charge in [-0.2, -0.15) is 0 Å². The van der Waals surface area contributed by atoms with Gasteiger partial charge in [-0.3, -0.25) is 5.43 Å². The van der Waals surface area contributed by atoms with Gasteiger partial charge in [-0.05, 0) is 53.7 Å². The van der Waals surface area contributed by atoms with Crippen molar-refractivity contribution < 1.29 is 27.8 Å². The molecule has 0 saturated heterocycles. The molecular formula is C18H30F2N4O4. The molecule has 2 amide bonds. The maximum Gasteiger partial charge on any atom is 0.428 e. The van der Waals surface area contributed by atoms with Crippen molar-refractivity contribution in [3.63, 3.8) is 0 Å². The van der Waals surface area contributed by atoms with Crippen LogP contribution in [0.5, 0.6) is 0 Å². The van der Waals surface area contributed by atoms with Crippen molar-refractivity contribution in [2.45, 2.75) is 52.7 Å². The molecule has 8 nitrogen and oxygen atoms in total. The van der Waals surface area contributed by atoms with Crippen LogP contribution in [-0.2, 0) is 9.47 Å². The van der Waals surface area contributed by atoms with E-state index in [9.17, 15) is 18.4 Å². The molecule has 0 atom stereocenters. The van der Waals surface area contributed by atoms with Gasteiger partial charge < -0.3 is 9.47 Å². The first-order chi connectivity index (χ1) is 12.5. The van der Waals surface area contributed by atoms with Crippen molar-refractivity contribution >= 4 is 17.9 Å². The second-order valence-electron chi connectivity index (χ2n) is 7.84. The maximum absolute atomic E-state index is 13.3. The van der Waals surface area contributed by atoms with E-state index < -0.39 is 40.7 Å². The number of hydrazine groups is 2. The van der Waals surface area contributed by atoms with Crippen molar-refractivity contribution in [1.82, 2.24) is 10.0 Å². The topological polar surface area (TPSA) is 97.1 Å². The number of rotatable bonds is 2. The summed E-state index contributed by atoms with van der Waals surface area (Å²) in [6.07, 6.45) is -1.25. The Labute approximate surface area is 164 Å². The van der Waals surface area contributed by atoms with Gasteiger partial charge in [0.2, 0.25) is 0 Å². The van der Waals surface area contributed by atoms with Crippen molar-refractivity contribution in [2.75, 3.05) is 19.5 Å². The Morgan fingerprint density at radius 2 is 1.32 bits per heavy atom. The molecule has 160 valence electrons. The highest BCUT2D eigenvalue weighted by atomic mass is 19.1. The quantitative estimate of drug-likeness (QED) is 0.441. The highest BCUT2D eigenvalue weighted by molar-refractivity contribution is 5.70. The van der Waals surface area contributed by atoms with Crippen LogP contribution in [0, 0.1) is 11.6 Å². The van der Waals surface area contributed by atoms with Gasteiger partial charge in [-0.15, -0.1) is 0 Å². The van der Waals surface area contributed by atoms with E-state index >= 15 is 0 Å². The molecule has 28 heavy (non-hydrogen) atoms. The Bertz CT molecular complexity index is 650. The largest absolute Gasteiger partial charge is 0.443 e. The van der Waals surface area contributed by atoms with Gasteiger partial charge in [-0.25, -0.2) is 34.2 Å². The number of benzene rings is 1. The molecule has 0 unspecified atom stereocenters. The highest BCUT2D eigenvalue weighted by Gasteiger charge is 2.21. The van der Waals surface area contributed by atoms with Crippen molar-refractivity contribution in [3.05, 3.63) is 29.8 Å². The number of para-hydroxylation sites is 1. The summed E-state index contributed by atoms with van der Waals surface area (Å²) in [4.78, 5) is 22.3. The zero-order valence-corrected chi connectivity index (χ0v) is 17.6. The fraction of sp³-hybridized carbons (Fsp3) is 0.556. The third-order valence-corrected chi connectivity index (χ3v) is 2.59. The number of anilines is 1. The minimum absolute atomic E-state index is 0.397. The number of nitrogens with one attached hydrogen (secondary N) is 1. The molecule has 0 aliphatic carbocycles. The third kappa shape index (κ3) is 10.5. The molecule has 1 rings (SSSR count). The van der Waals surface area contributed by atoms with Gasteiger partial charge in [-0.1, -0.05) is 6.07 Å². The molecule has 0 saturated carbocycles. The van der Waals surface area contributed by atoms with E-state index in [1.54, 1.807) is 41.5 Å². The predicted octanol–water partition coefficient (Wildman–Crippen LogP) is 3.89. The number of carbonyl (C=O) groups excluding carboxylic acids is 2. The first kappa shape index (κ1) is 25.4. The first-order valence-electron chi connectivity index (χ1n) is 8.42. The van der Waals surface area contributed by atoms with Crippen LogP contribution < -0.4 is 11.3 Å². The molecule has 10 heteroatoms. The number of nitrogens with zero attached hydrogens (tertiary/aromatic N) is 2. The number of hydrogen-bond donors (Lipinski definition) is 2. The summed E-state index contributed by atoms with van der Waals surface area (Å²) in [5, 5.41) is 1.79. The monoisotopic (exact) mass is 404 g/mol. The Morgan fingerprint density at radius 3 is 1.64 bits per heavy atom. The van der Waals surface area contributed by atoms with E-state index in [1.165, 1.54) is 20.2 Å². The number of nitrogens with two attached hydrogens (primary N) is 1. The molecule has 0 radical (unpaired) electrons. The molecule has 0 bridgehead atoms. The molecule has 0 aliphatic heterocycles. The molecule has 0 heterocycles. The van der Waals surface area contributed by atoms with Gasteiger partial charge in [0, 0.05) is 14.1 Å². The number of amides is 2. The van der Waals surface area contributed by atoms with Gasteiger partial charge >= 0.3 is 12.2 Å². The Kier molecular flexibility index (Phi) is 9.13. The van der Waals surface area contributed by atoms with Gasteiger partial charge in [0.15, 0.2) is 11.6 Å². The second kappa shape index (κ2) is 10.1. The van der Waals surface area contributed by atoms with Crippen molar-refractivity contribution in [3.8, 4) is 0 Å². The van der Waals surface area contributed by atoms with Crippen LogP contribution >= 0.6 is 0 Å². The Hall–Kier alpha value is -2.62. The number of halogens is 2. The van der Waals surface area contributed by atoms with Crippen LogP contribution in [0.25, 0.3) is 0 Å². The SMILES string of the molecule is CN(N)C(=O)OC(C)(C)C.CN(Nc1c(F)cccc1F)C(=O)OC(C)(C)C. The van der Waals surface area contributed by atoms with Gasteiger partial charge in [0.25, 0.3) is 0 Å². The molecular weight excluding hydrogens is 374 g/mol. The molecule has 1 aromatic carbocycles. The van der Waals surface area contributed by atoms with E-state index in [4.69, 9.17) is 15.3 Å². The van der Waals surface area contributed by atoms with Crippen LogP contribution in [0.2, 0.25) is 0 Å². The number of hydrogen-bond acceptors (Lipinski definition) is 6. The summed E-state index contributed by atoms with van der Waals surface area (Å²) in [6, 6.07) is 3.42. The summed E-state index contributed by atoms with van der Waals surface area (Å²) in [5.41, 5.74) is 0.765. The van der Waals surface area contributed by atoms with E-state index in [2.05, 4.69) is 5.43 Å². The summed E-state index contributed by atoms with van der Waals surface area (Å²) >= 11 is 0. The fourth-order valence-electron chi connectivity index (χ4n) is 1.48. The molecule has 1 aromatic rings. The lowest BCUT2D eigenvalue weighted by Crippen LogP contribution is -2.38. The average molecular weight is 404 g/mol. The zero-order valence-electron chi connectivity index (χ0n) is 17.6. The van der Waals surface area contributed by atoms with E-state index in [0.29, 0.717) is 0 Å². The lowest BCUT2D eigenvalue weighted by atomic mass is 10.2. The predicted molar refractivity (Wildman–Crippen MR) is 102 cm³/mol. The minimum Gasteiger partial charge on any atom is -0.443 e. The summed E-state index contributed by atoms with van der Waals surface area (Å²) in [6.45, 7) is 10.4. The summed E-state index contributed by atoms with van der Waals surface area (Å²) in [5.74, 6) is 3.53. The average Bonchev–Trinajstić information content (AvgIpc) is 2.48. The standard InChI is InChI=1S/C12H16F2N2O2.C6H14N2O2/c1-12(2,3)18-11(17)16(4)15-10-8(13)6-5-7-9(10)14;1-6(2,3)10-5(9)8(4)7/h5-7,15H,1-4H3;7H2,1-4H3. The molecule has 0 aliphatic rings. The number of ether oxygens (including phenoxy) is 2. The Balaban J connectivity index is 0.000000621. The van der Waals surface area contributed by atoms with Crippen LogP contribution in [0.3, 0.4) is 0 Å². The molecule has 0 fully saturated rings.